The van der Waals surface area contributed by atoms with Crippen molar-refractivity contribution in [2.75, 3.05) is 0 Å². The Morgan fingerprint density at radius 3 is 2.61 bits per heavy atom. The van der Waals surface area contributed by atoms with Crippen LogP contribution in [0.15, 0.2) is 36.5 Å². The Kier molecular flexibility index (Phi) is 3.58. The van der Waals surface area contributed by atoms with Gasteiger partial charge in [0.05, 0.1) is 11.8 Å². The number of aryl methyl sites for hydroxylation is 2. The van der Waals surface area contributed by atoms with E-state index in [-0.39, 0.29) is 0 Å². The predicted octanol–water partition coefficient (Wildman–Crippen LogP) is 3.12. The van der Waals surface area contributed by atoms with Crippen molar-refractivity contribution >= 4 is 17.2 Å². The Morgan fingerprint density at radius 2 is 2.00 bits per heavy atom. The van der Waals surface area contributed by atoms with Crippen LogP contribution >= 0.6 is 12.2 Å². The lowest BCUT2D eigenvalue weighted by Crippen LogP contribution is -2.11. The minimum Gasteiger partial charge on any atom is -0.455 e. The lowest BCUT2D eigenvalue weighted by molar-refractivity contribution is 0.475. The van der Waals surface area contributed by atoms with Crippen molar-refractivity contribution in [3.05, 3.63) is 53.3 Å². The second-order valence-corrected chi connectivity index (χ2v) is 4.49. The van der Waals surface area contributed by atoms with Gasteiger partial charge in [-0.25, -0.2) is 0 Å². The van der Waals surface area contributed by atoms with Crippen LogP contribution in [-0.4, -0.2) is 9.97 Å². The number of ether oxygens (including phenoxy) is 1. The molecule has 3 nitrogen and oxygen atoms in total. The molecule has 1 aromatic carbocycles. The van der Waals surface area contributed by atoms with Crippen molar-refractivity contribution in [3.63, 3.8) is 0 Å². The summed E-state index contributed by atoms with van der Waals surface area (Å²) in [6.45, 7) is 3.89. The average Bonchev–Trinajstić information content (AvgIpc) is 2.34. The Morgan fingerprint density at radius 1 is 1.22 bits per heavy atom. The fraction of sp³-hybridized carbons (Fsp3) is 0.143. The summed E-state index contributed by atoms with van der Waals surface area (Å²) in [5.74, 6) is 1.36. The van der Waals surface area contributed by atoms with Crippen molar-refractivity contribution in [1.29, 1.82) is 0 Å². The Labute approximate surface area is 112 Å². The van der Waals surface area contributed by atoms with Crippen LogP contribution in [0.5, 0.6) is 11.5 Å². The van der Waals surface area contributed by atoms with E-state index in [9.17, 15) is 0 Å². The van der Waals surface area contributed by atoms with Gasteiger partial charge < -0.3 is 10.5 Å². The summed E-state index contributed by atoms with van der Waals surface area (Å²) in [6.07, 6.45) is 1.69. The number of pyridine rings is 1. The molecule has 0 bridgehead atoms. The zero-order valence-corrected chi connectivity index (χ0v) is 11.1. The number of thiocarbonyl (C=S) groups is 1. The van der Waals surface area contributed by atoms with Gasteiger partial charge in [0.15, 0.2) is 0 Å². The summed E-state index contributed by atoms with van der Waals surface area (Å²) < 4.78 is 5.83. The topological polar surface area (TPSA) is 48.1 Å². The van der Waals surface area contributed by atoms with Gasteiger partial charge in [-0.15, -0.1) is 0 Å². The standard InChI is InChI=1S/C14H14N2OS/c1-9-4-3-5-12(14(15)18)13(9)17-11-7-6-10(2)16-8-11/h3-8H,1-2H3,(H2,15,18). The molecular formula is C14H14N2OS. The fourth-order valence-corrected chi connectivity index (χ4v) is 1.78. The first-order valence-corrected chi connectivity index (χ1v) is 5.98. The van der Waals surface area contributed by atoms with Crippen molar-refractivity contribution < 1.29 is 4.74 Å². The number of rotatable bonds is 3. The number of para-hydroxylation sites is 1. The van der Waals surface area contributed by atoms with Gasteiger partial charge in [0, 0.05) is 5.69 Å². The molecule has 0 radical (unpaired) electrons. The van der Waals surface area contributed by atoms with Crippen LogP contribution in [0, 0.1) is 13.8 Å². The SMILES string of the molecule is Cc1ccc(Oc2c(C)cccc2C(N)=S)cn1. The van der Waals surface area contributed by atoms with Crippen LogP contribution < -0.4 is 10.5 Å². The molecule has 2 N–H and O–H groups in total. The van der Waals surface area contributed by atoms with E-state index in [1.165, 1.54) is 0 Å². The molecule has 0 fully saturated rings. The minimum absolute atomic E-state index is 0.328. The highest BCUT2D eigenvalue weighted by Crippen LogP contribution is 2.28. The monoisotopic (exact) mass is 258 g/mol. The maximum Gasteiger partial charge on any atom is 0.145 e. The molecule has 2 rings (SSSR count). The Balaban J connectivity index is 2.39. The van der Waals surface area contributed by atoms with E-state index in [1.807, 2.05) is 44.2 Å². The molecule has 0 unspecified atom stereocenters. The molecule has 1 aromatic heterocycles. The molecule has 0 atom stereocenters. The van der Waals surface area contributed by atoms with Gasteiger partial charge in [-0.2, -0.15) is 0 Å². The van der Waals surface area contributed by atoms with Gasteiger partial charge >= 0.3 is 0 Å². The molecule has 1 heterocycles. The van der Waals surface area contributed by atoms with Crippen LogP contribution in [0.4, 0.5) is 0 Å². The minimum atomic E-state index is 0.328. The van der Waals surface area contributed by atoms with Crippen LogP contribution in [0.3, 0.4) is 0 Å². The van der Waals surface area contributed by atoms with Gasteiger partial charge in [-0.05, 0) is 37.6 Å². The maximum atomic E-state index is 5.83. The first-order chi connectivity index (χ1) is 8.58. The highest BCUT2D eigenvalue weighted by molar-refractivity contribution is 7.80. The largest absolute Gasteiger partial charge is 0.455 e. The normalized spacial score (nSPS) is 10.1. The first-order valence-electron chi connectivity index (χ1n) is 5.58. The fourth-order valence-electron chi connectivity index (χ4n) is 1.61. The number of nitrogens with zero attached hydrogens (tertiary/aromatic N) is 1. The second kappa shape index (κ2) is 5.14. The van der Waals surface area contributed by atoms with E-state index in [2.05, 4.69) is 4.98 Å². The highest BCUT2D eigenvalue weighted by Gasteiger charge is 2.10. The van der Waals surface area contributed by atoms with E-state index < -0.39 is 0 Å². The van der Waals surface area contributed by atoms with Crippen molar-refractivity contribution in [2.24, 2.45) is 5.73 Å². The number of nitrogens with two attached hydrogens (primary N) is 1. The number of hydrogen-bond donors (Lipinski definition) is 1. The molecule has 0 saturated heterocycles. The highest BCUT2D eigenvalue weighted by atomic mass is 32.1. The third-order valence-corrected chi connectivity index (χ3v) is 2.80. The van der Waals surface area contributed by atoms with E-state index in [0.717, 1.165) is 16.8 Å². The number of aromatic nitrogens is 1. The van der Waals surface area contributed by atoms with E-state index in [0.29, 0.717) is 16.5 Å². The van der Waals surface area contributed by atoms with Crippen LogP contribution in [0.25, 0.3) is 0 Å². The molecule has 0 aliphatic rings. The third kappa shape index (κ3) is 2.65. The Hall–Kier alpha value is -1.94. The molecular weight excluding hydrogens is 244 g/mol. The molecule has 92 valence electrons. The van der Waals surface area contributed by atoms with Gasteiger partial charge in [0.2, 0.25) is 0 Å². The molecule has 0 aliphatic heterocycles. The molecule has 18 heavy (non-hydrogen) atoms. The second-order valence-electron chi connectivity index (χ2n) is 4.05. The Bertz CT molecular complexity index is 579. The quantitative estimate of drug-likeness (QED) is 0.859. The molecule has 2 aromatic rings. The zero-order valence-electron chi connectivity index (χ0n) is 10.3. The van der Waals surface area contributed by atoms with Crippen LogP contribution in [0.2, 0.25) is 0 Å². The van der Waals surface area contributed by atoms with E-state index >= 15 is 0 Å². The first kappa shape index (κ1) is 12.5. The van der Waals surface area contributed by atoms with Crippen molar-refractivity contribution in [1.82, 2.24) is 4.98 Å². The summed E-state index contributed by atoms with van der Waals surface area (Å²) in [7, 11) is 0. The lowest BCUT2D eigenvalue weighted by Gasteiger charge is -2.12. The van der Waals surface area contributed by atoms with E-state index in [1.54, 1.807) is 6.20 Å². The molecule has 4 heteroatoms. The summed E-state index contributed by atoms with van der Waals surface area (Å²) in [4.78, 5) is 4.52. The van der Waals surface area contributed by atoms with Crippen molar-refractivity contribution in [2.45, 2.75) is 13.8 Å². The smallest absolute Gasteiger partial charge is 0.145 e. The number of benzene rings is 1. The number of hydrogen-bond acceptors (Lipinski definition) is 3. The van der Waals surface area contributed by atoms with E-state index in [4.69, 9.17) is 22.7 Å². The maximum absolute atomic E-state index is 5.83. The summed E-state index contributed by atoms with van der Waals surface area (Å²) >= 11 is 5.03. The van der Waals surface area contributed by atoms with Gasteiger partial charge in [0.1, 0.15) is 16.5 Å². The lowest BCUT2D eigenvalue weighted by atomic mass is 10.1. The van der Waals surface area contributed by atoms with Gasteiger partial charge in [-0.3, -0.25) is 4.98 Å². The summed E-state index contributed by atoms with van der Waals surface area (Å²) in [5.41, 5.74) is 8.37. The molecule has 0 spiro atoms. The molecule has 0 aliphatic carbocycles. The van der Waals surface area contributed by atoms with Crippen LogP contribution in [0.1, 0.15) is 16.8 Å². The predicted molar refractivity (Wildman–Crippen MR) is 76.1 cm³/mol. The third-order valence-electron chi connectivity index (χ3n) is 2.58. The van der Waals surface area contributed by atoms with Crippen molar-refractivity contribution in [3.8, 4) is 11.5 Å². The summed E-state index contributed by atoms with van der Waals surface area (Å²) in [6, 6.07) is 9.49. The zero-order chi connectivity index (χ0) is 13.1. The average molecular weight is 258 g/mol. The van der Waals surface area contributed by atoms with Gasteiger partial charge in [-0.1, -0.05) is 24.4 Å². The molecule has 0 saturated carbocycles. The van der Waals surface area contributed by atoms with Crippen LogP contribution in [-0.2, 0) is 0 Å². The van der Waals surface area contributed by atoms with Gasteiger partial charge in [0.25, 0.3) is 0 Å². The summed E-state index contributed by atoms with van der Waals surface area (Å²) in [5, 5.41) is 0. The molecule has 0 amide bonds.